The van der Waals surface area contributed by atoms with Gasteiger partial charge in [-0.25, -0.2) is 0 Å². The van der Waals surface area contributed by atoms with Gasteiger partial charge in [0, 0.05) is 29.3 Å². The minimum absolute atomic E-state index is 0.00274. The van der Waals surface area contributed by atoms with E-state index in [1.165, 1.54) is 18.3 Å². The molecule has 120 valence electrons. The number of aromatic nitrogens is 1. The predicted octanol–water partition coefficient (Wildman–Crippen LogP) is 3.80. The van der Waals surface area contributed by atoms with Gasteiger partial charge in [0.05, 0.1) is 11.1 Å². The van der Waals surface area contributed by atoms with Crippen molar-refractivity contribution in [1.82, 2.24) is 5.16 Å². The number of hydrogen-bond acceptors (Lipinski definition) is 6. The average molecular weight is 323 g/mol. The molecule has 0 atom stereocenters. The summed E-state index contributed by atoms with van der Waals surface area (Å²) in [5.41, 5.74) is 2.11. The van der Waals surface area contributed by atoms with E-state index in [0.717, 1.165) is 5.56 Å². The fourth-order valence-corrected chi connectivity index (χ4v) is 2.04. The number of benzene rings is 2. The molecular weight excluding hydrogens is 310 g/mol. The Bertz CT molecular complexity index is 859. The third-order valence-corrected chi connectivity index (χ3v) is 3.19. The van der Waals surface area contributed by atoms with Gasteiger partial charge in [-0.2, -0.15) is 0 Å². The van der Waals surface area contributed by atoms with Crippen LogP contribution in [-0.2, 0) is 11.4 Å². The monoisotopic (exact) mass is 323 g/mol. The molecule has 0 spiro atoms. The molecule has 0 aliphatic rings. The first-order valence-corrected chi connectivity index (χ1v) is 7.13. The second kappa shape index (κ2) is 7.19. The highest BCUT2D eigenvalue weighted by atomic mass is 16.6. The number of non-ortho nitro benzene ring substituents is 1. The van der Waals surface area contributed by atoms with Gasteiger partial charge in [0.2, 0.25) is 0 Å². The topological polar surface area (TPSA) is 90.8 Å². The van der Waals surface area contributed by atoms with Crippen LogP contribution in [0, 0.1) is 10.1 Å². The molecule has 0 saturated heterocycles. The summed E-state index contributed by atoms with van der Waals surface area (Å²) < 4.78 is 5.25. The largest absolute Gasteiger partial charge is 0.389 e. The quantitative estimate of drug-likeness (QED) is 0.391. The molecule has 0 unspecified atom stereocenters. The lowest BCUT2D eigenvalue weighted by molar-refractivity contribution is -0.384. The Hall–Kier alpha value is -3.48. The van der Waals surface area contributed by atoms with Crippen molar-refractivity contribution in [3.8, 4) is 11.3 Å². The molecule has 0 bridgehead atoms. The summed E-state index contributed by atoms with van der Waals surface area (Å²) in [6.07, 6.45) is 1.41. The number of hydrogen-bond donors (Lipinski definition) is 0. The van der Waals surface area contributed by atoms with Gasteiger partial charge >= 0.3 is 0 Å². The third-order valence-electron chi connectivity index (χ3n) is 3.19. The molecule has 3 rings (SSSR count). The van der Waals surface area contributed by atoms with E-state index in [0.29, 0.717) is 17.0 Å². The maximum Gasteiger partial charge on any atom is 0.270 e. The summed E-state index contributed by atoms with van der Waals surface area (Å²) in [5, 5.41) is 18.4. The third kappa shape index (κ3) is 3.83. The second-order valence-corrected chi connectivity index (χ2v) is 4.91. The zero-order valence-corrected chi connectivity index (χ0v) is 12.5. The minimum atomic E-state index is -0.460. The summed E-state index contributed by atoms with van der Waals surface area (Å²) in [5.74, 6) is 0.650. The lowest BCUT2D eigenvalue weighted by Gasteiger charge is -1.95. The maximum atomic E-state index is 10.7. The van der Waals surface area contributed by atoms with Crippen LogP contribution >= 0.6 is 0 Å². The van der Waals surface area contributed by atoms with E-state index in [2.05, 4.69) is 10.3 Å². The maximum absolute atomic E-state index is 10.7. The van der Waals surface area contributed by atoms with Gasteiger partial charge in [-0.3, -0.25) is 10.1 Å². The van der Waals surface area contributed by atoms with E-state index in [4.69, 9.17) is 9.36 Å². The van der Waals surface area contributed by atoms with Gasteiger partial charge in [-0.05, 0) is 0 Å². The number of nitro benzene ring substituents is 1. The van der Waals surface area contributed by atoms with Gasteiger partial charge in [-0.1, -0.05) is 52.8 Å². The van der Waals surface area contributed by atoms with Crippen LogP contribution < -0.4 is 0 Å². The molecule has 1 heterocycles. The van der Waals surface area contributed by atoms with Crippen molar-refractivity contribution in [2.24, 2.45) is 5.16 Å². The molecule has 0 N–H and O–H groups in total. The van der Waals surface area contributed by atoms with E-state index in [9.17, 15) is 10.1 Å². The normalized spacial score (nSPS) is 10.8. The van der Waals surface area contributed by atoms with Crippen LogP contribution in [0.25, 0.3) is 11.3 Å². The number of rotatable bonds is 6. The Morgan fingerprint density at radius 2 is 2.00 bits per heavy atom. The number of oxime groups is 1. The molecule has 7 heteroatoms. The molecule has 1 aromatic heterocycles. The van der Waals surface area contributed by atoms with Crippen molar-refractivity contribution in [2.45, 2.75) is 6.61 Å². The van der Waals surface area contributed by atoms with Gasteiger partial charge in [0.15, 0.2) is 12.4 Å². The van der Waals surface area contributed by atoms with Gasteiger partial charge in [-0.15, -0.1) is 0 Å². The summed E-state index contributed by atoms with van der Waals surface area (Å²) in [4.78, 5) is 15.4. The Morgan fingerprint density at radius 3 is 2.79 bits per heavy atom. The van der Waals surface area contributed by atoms with Crippen molar-refractivity contribution in [3.05, 3.63) is 82.0 Å². The fourth-order valence-electron chi connectivity index (χ4n) is 2.04. The highest BCUT2D eigenvalue weighted by Crippen LogP contribution is 2.20. The van der Waals surface area contributed by atoms with Crippen LogP contribution in [0.1, 0.15) is 11.3 Å². The molecule has 7 nitrogen and oxygen atoms in total. The first-order valence-electron chi connectivity index (χ1n) is 7.13. The van der Waals surface area contributed by atoms with E-state index >= 15 is 0 Å². The Labute approximate surface area is 137 Å². The summed E-state index contributed by atoms with van der Waals surface area (Å²) in [6.45, 7) is 0.141. The molecule has 0 amide bonds. The van der Waals surface area contributed by atoms with Gasteiger partial charge in [0.25, 0.3) is 5.69 Å². The SMILES string of the molecule is O=[N+]([O-])c1cccc(/C=N/OCc2cc(-c3ccccc3)on2)c1. The van der Waals surface area contributed by atoms with Gasteiger partial charge < -0.3 is 9.36 Å². The van der Waals surface area contributed by atoms with E-state index in [-0.39, 0.29) is 12.3 Å². The van der Waals surface area contributed by atoms with Crippen molar-refractivity contribution in [2.75, 3.05) is 0 Å². The Kier molecular flexibility index (Phi) is 4.62. The number of nitrogens with zero attached hydrogens (tertiary/aromatic N) is 3. The Balaban J connectivity index is 1.58. The van der Waals surface area contributed by atoms with Crippen LogP contribution in [0.2, 0.25) is 0 Å². The van der Waals surface area contributed by atoms with Crippen LogP contribution in [-0.4, -0.2) is 16.3 Å². The minimum Gasteiger partial charge on any atom is -0.389 e. The molecule has 0 saturated carbocycles. The van der Waals surface area contributed by atoms with E-state index in [1.807, 2.05) is 30.3 Å². The standard InChI is InChI=1S/C17H13N3O4/c21-20(22)16-8-4-5-13(9-16)11-18-23-12-15-10-17(24-19-15)14-6-2-1-3-7-14/h1-11H,12H2/b18-11+. The van der Waals surface area contributed by atoms with Crippen molar-refractivity contribution < 1.29 is 14.3 Å². The molecule has 0 aliphatic carbocycles. The van der Waals surface area contributed by atoms with Crippen LogP contribution in [0.3, 0.4) is 0 Å². The van der Waals surface area contributed by atoms with Crippen molar-refractivity contribution in [1.29, 1.82) is 0 Å². The molecule has 2 aromatic carbocycles. The average Bonchev–Trinajstić information content (AvgIpc) is 3.09. The van der Waals surface area contributed by atoms with Gasteiger partial charge in [0.1, 0.15) is 5.69 Å². The lowest BCUT2D eigenvalue weighted by Crippen LogP contribution is -1.91. The van der Waals surface area contributed by atoms with Crippen LogP contribution in [0.15, 0.2) is 70.3 Å². The fraction of sp³-hybridized carbons (Fsp3) is 0.0588. The van der Waals surface area contributed by atoms with E-state index in [1.54, 1.807) is 18.2 Å². The molecule has 0 fully saturated rings. The zero-order valence-electron chi connectivity index (χ0n) is 12.5. The first kappa shape index (κ1) is 15.4. The summed E-state index contributed by atoms with van der Waals surface area (Å²) in [6, 6.07) is 17.5. The van der Waals surface area contributed by atoms with Crippen molar-refractivity contribution >= 4 is 11.9 Å². The predicted molar refractivity (Wildman–Crippen MR) is 87.4 cm³/mol. The van der Waals surface area contributed by atoms with Crippen LogP contribution in [0.4, 0.5) is 5.69 Å². The lowest BCUT2D eigenvalue weighted by atomic mass is 10.2. The zero-order chi connectivity index (χ0) is 16.8. The summed E-state index contributed by atoms with van der Waals surface area (Å²) in [7, 11) is 0. The number of nitro groups is 1. The highest BCUT2D eigenvalue weighted by molar-refractivity contribution is 5.80. The van der Waals surface area contributed by atoms with Crippen LogP contribution in [0.5, 0.6) is 0 Å². The molecule has 3 aromatic rings. The second-order valence-electron chi connectivity index (χ2n) is 4.91. The van der Waals surface area contributed by atoms with Crippen molar-refractivity contribution in [3.63, 3.8) is 0 Å². The molecule has 0 aliphatic heterocycles. The molecule has 0 radical (unpaired) electrons. The smallest absolute Gasteiger partial charge is 0.270 e. The molecular formula is C17H13N3O4. The first-order chi connectivity index (χ1) is 11.7. The molecule has 24 heavy (non-hydrogen) atoms. The van der Waals surface area contributed by atoms with E-state index < -0.39 is 4.92 Å². The highest BCUT2D eigenvalue weighted by Gasteiger charge is 2.07. The Morgan fingerprint density at radius 1 is 1.17 bits per heavy atom. The summed E-state index contributed by atoms with van der Waals surface area (Å²) >= 11 is 0.